The number of benzene rings is 1. The molecule has 28 heavy (non-hydrogen) atoms. The number of likely N-dealkylation sites (N-methyl/N-ethyl adjacent to an activating group) is 1. The van der Waals surface area contributed by atoms with E-state index in [1.165, 1.54) is 0 Å². The zero-order valence-electron chi connectivity index (χ0n) is 16.0. The summed E-state index contributed by atoms with van der Waals surface area (Å²) in [5.74, 6) is -5.36. The zero-order chi connectivity index (χ0) is 21.8. The van der Waals surface area contributed by atoms with Crippen LogP contribution in [0.15, 0.2) is 12.1 Å². The van der Waals surface area contributed by atoms with Crippen LogP contribution in [0, 0.1) is 23.0 Å². The van der Waals surface area contributed by atoms with Crippen molar-refractivity contribution in [1.29, 1.82) is 0 Å². The number of carbonyl (C=O) groups excluding carboxylic acids is 2. The molecule has 1 aromatic rings. The van der Waals surface area contributed by atoms with E-state index in [2.05, 4.69) is 0 Å². The molecule has 1 saturated heterocycles. The molecular formula is C18H21ClF2N2O5. The van der Waals surface area contributed by atoms with E-state index in [0.717, 1.165) is 24.9 Å². The normalized spacial score (nSPS) is 25.2. The van der Waals surface area contributed by atoms with Gasteiger partial charge in [-0.25, -0.2) is 18.5 Å². The molecule has 0 radical (unpaired) electrons. The van der Waals surface area contributed by atoms with Gasteiger partial charge in [-0.3, -0.25) is 9.59 Å². The molecule has 1 aromatic carbocycles. The van der Waals surface area contributed by atoms with E-state index in [4.69, 9.17) is 11.6 Å². The van der Waals surface area contributed by atoms with Crippen molar-refractivity contribution in [1.82, 2.24) is 4.90 Å². The molecule has 7 nitrogen and oxygen atoms in total. The Bertz CT molecular complexity index is 853. The van der Waals surface area contributed by atoms with Gasteiger partial charge in [0.25, 0.3) is 11.8 Å². The van der Waals surface area contributed by atoms with Crippen LogP contribution in [-0.2, 0) is 9.59 Å². The van der Waals surface area contributed by atoms with Crippen molar-refractivity contribution in [2.24, 2.45) is 11.3 Å². The SMILES string of the molecule is CN(C(=O)[C@@H]1C(C(C)(C)C)[C@](C)(O)C(=O)N1C(=O)O)c1cc(Cl)c(F)cc1F. The van der Waals surface area contributed by atoms with Gasteiger partial charge in [-0.05, 0) is 18.4 Å². The first kappa shape index (κ1) is 22.0. The Morgan fingerprint density at radius 2 is 1.79 bits per heavy atom. The summed E-state index contributed by atoms with van der Waals surface area (Å²) in [5, 5.41) is 19.8. The van der Waals surface area contributed by atoms with E-state index < -0.39 is 63.2 Å². The highest BCUT2D eigenvalue weighted by atomic mass is 35.5. The lowest BCUT2D eigenvalue weighted by atomic mass is 9.69. The molecule has 3 atom stereocenters. The molecule has 1 heterocycles. The summed E-state index contributed by atoms with van der Waals surface area (Å²) >= 11 is 5.66. The van der Waals surface area contributed by atoms with E-state index in [9.17, 15) is 33.4 Å². The maximum atomic E-state index is 14.2. The summed E-state index contributed by atoms with van der Waals surface area (Å²) in [4.78, 5) is 38.4. The number of anilines is 1. The number of imide groups is 1. The standard InChI is InChI=1S/C18H21ClF2N2O5/c1-17(2,3)13-12(23(16(26)27)15(25)18(13,4)28)14(24)22(5)11-6-8(19)9(20)7-10(11)21/h6-7,12-13,28H,1-5H3,(H,26,27)/t12-,13?,18-/m0/s1. The summed E-state index contributed by atoms with van der Waals surface area (Å²) in [6.45, 7) is 6.06. The first-order valence-electron chi connectivity index (χ1n) is 8.33. The molecule has 154 valence electrons. The van der Waals surface area contributed by atoms with Crippen LogP contribution in [0.1, 0.15) is 27.7 Å². The molecule has 0 spiro atoms. The van der Waals surface area contributed by atoms with E-state index in [1.54, 1.807) is 20.8 Å². The van der Waals surface area contributed by atoms with Gasteiger partial charge in [0.2, 0.25) is 0 Å². The number of hydrogen-bond donors (Lipinski definition) is 2. The van der Waals surface area contributed by atoms with Crippen molar-refractivity contribution in [3.05, 3.63) is 28.8 Å². The number of halogens is 3. The van der Waals surface area contributed by atoms with Gasteiger partial charge in [0.05, 0.1) is 10.7 Å². The predicted molar refractivity (Wildman–Crippen MR) is 97.0 cm³/mol. The molecule has 1 aliphatic heterocycles. The largest absolute Gasteiger partial charge is 0.465 e. The topological polar surface area (TPSA) is 98.2 Å². The highest BCUT2D eigenvalue weighted by molar-refractivity contribution is 6.31. The van der Waals surface area contributed by atoms with Crippen LogP contribution in [0.3, 0.4) is 0 Å². The van der Waals surface area contributed by atoms with Crippen molar-refractivity contribution in [3.63, 3.8) is 0 Å². The van der Waals surface area contributed by atoms with E-state index >= 15 is 0 Å². The first-order valence-corrected chi connectivity index (χ1v) is 8.71. The minimum absolute atomic E-state index is 0.262. The predicted octanol–water partition coefficient (Wildman–Crippen LogP) is 2.88. The number of likely N-dealkylation sites (tertiary alicyclic amines) is 1. The van der Waals surface area contributed by atoms with Gasteiger partial charge < -0.3 is 15.1 Å². The van der Waals surface area contributed by atoms with Crippen LogP contribution in [0.4, 0.5) is 19.3 Å². The number of aliphatic hydroxyl groups is 1. The van der Waals surface area contributed by atoms with Crippen LogP contribution < -0.4 is 4.90 Å². The van der Waals surface area contributed by atoms with Crippen molar-refractivity contribution in [3.8, 4) is 0 Å². The van der Waals surface area contributed by atoms with E-state index in [1.807, 2.05) is 0 Å². The Labute approximate surface area is 165 Å². The highest BCUT2D eigenvalue weighted by Gasteiger charge is 2.64. The minimum Gasteiger partial charge on any atom is -0.465 e. The molecule has 2 rings (SSSR count). The van der Waals surface area contributed by atoms with Gasteiger partial charge in [0.15, 0.2) is 0 Å². The summed E-state index contributed by atoms with van der Waals surface area (Å²) in [6.07, 6.45) is -1.72. The Hall–Kier alpha value is -2.26. The third-order valence-corrected chi connectivity index (χ3v) is 5.21. The lowest BCUT2D eigenvalue weighted by molar-refractivity contribution is -0.144. The van der Waals surface area contributed by atoms with Crippen LogP contribution in [0.2, 0.25) is 5.02 Å². The quantitative estimate of drug-likeness (QED) is 0.720. The van der Waals surface area contributed by atoms with Crippen molar-refractivity contribution < 1.29 is 33.4 Å². The number of nitrogens with zero attached hydrogens (tertiary/aromatic N) is 2. The molecule has 0 aromatic heterocycles. The zero-order valence-corrected chi connectivity index (χ0v) is 16.7. The van der Waals surface area contributed by atoms with Gasteiger partial charge in [0, 0.05) is 19.0 Å². The molecule has 3 amide bonds. The molecular weight excluding hydrogens is 398 g/mol. The lowest BCUT2D eigenvalue weighted by Gasteiger charge is -2.38. The number of hydrogen-bond acceptors (Lipinski definition) is 4. The Morgan fingerprint density at radius 3 is 2.25 bits per heavy atom. The second-order valence-electron chi connectivity index (χ2n) is 8.01. The lowest BCUT2D eigenvalue weighted by Crippen LogP contribution is -2.53. The molecule has 10 heteroatoms. The Balaban J connectivity index is 2.60. The Kier molecular flexibility index (Phi) is 5.48. The number of carbonyl (C=O) groups is 3. The third kappa shape index (κ3) is 3.44. The summed E-state index contributed by atoms with van der Waals surface area (Å²) in [6, 6.07) is -0.239. The van der Waals surface area contributed by atoms with Crippen LogP contribution in [0.5, 0.6) is 0 Å². The average Bonchev–Trinajstić information content (AvgIpc) is 2.76. The second kappa shape index (κ2) is 6.97. The van der Waals surface area contributed by atoms with Crippen molar-refractivity contribution in [2.45, 2.75) is 39.3 Å². The van der Waals surface area contributed by atoms with Gasteiger partial charge in [0.1, 0.15) is 23.3 Å². The second-order valence-corrected chi connectivity index (χ2v) is 8.42. The van der Waals surface area contributed by atoms with Gasteiger partial charge in [-0.15, -0.1) is 0 Å². The van der Waals surface area contributed by atoms with Crippen LogP contribution in [0.25, 0.3) is 0 Å². The van der Waals surface area contributed by atoms with E-state index in [-0.39, 0.29) is 4.90 Å². The Morgan fingerprint density at radius 1 is 1.25 bits per heavy atom. The molecule has 2 N–H and O–H groups in total. The maximum absolute atomic E-state index is 14.2. The number of carboxylic acid groups (broad SMARTS) is 1. The third-order valence-electron chi connectivity index (χ3n) is 4.93. The minimum atomic E-state index is -2.14. The van der Waals surface area contributed by atoms with Crippen molar-refractivity contribution in [2.75, 3.05) is 11.9 Å². The monoisotopic (exact) mass is 418 g/mol. The smallest absolute Gasteiger partial charge is 0.414 e. The number of rotatable bonds is 2. The van der Waals surface area contributed by atoms with Crippen molar-refractivity contribution >= 4 is 35.2 Å². The van der Waals surface area contributed by atoms with E-state index in [0.29, 0.717) is 6.07 Å². The number of amides is 3. The fraction of sp³-hybridized carbons (Fsp3) is 0.500. The fourth-order valence-corrected chi connectivity index (χ4v) is 3.98. The molecule has 0 aliphatic carbocycles. The summed E-state index contributed by atoms with van der Waals surface area (Å²) in [7, 11) is 1.15. The van der Waals surface area contributed by atoms with Crippen LogP contribution in [-0.4, -0.2) is 51.7 Å². The van der Waals surface area contributed by atoms with Crippen LogP contribution >= 0.6 is 11.6 Å². The molecule has 1 fully saturated rings. The molecule has 0 saturated carbocycles. The highest BCUT2D eigenvalue weighted by Crippen LogP contribution is 2.46. The summed E-state index contributed by atoms with van der Waals surface area (Å²) < 4.78 is 27.6. The van der Waals surface area contributed by atoms with Gasteiger partial charge in [-0.2, -0.15) is 0 Å². The molecule has 1 aliphatic rings. The summed E-state index contributed by atoms with van der Waals surface area (Å²) in [5.41, 5.74) is -3.41. The molecule has 0 bridgehead atoms. The maximum Gasteiger partial charge on any atom is 0.414 e. The average molecular weight is 419 g/mol. The van der Waals surface area contributed by atoms with Gasteiger partial charge >= 0.3 is 6.09 Å². The first-order chi connectivity index (χ1) is 12.6. The molecule has 1 unspecified atom stereocenters. The van der Waals surface area contributed by atoms with Gasteiger partial charge in [-0.1, -0.05) is 32.4 Å². The fourth-order valence-electron chi connectivity index (χ4n) is 3.82.